The third-order valence-corrected chi connectivity index (χ3v) is 5.62. The first-order valence-corrected chi connectivity index (χ1v) is 9.91. The van der Waals surface area contributed by atoms with Gasteiger partial charge in [0.15, 0.2) is 0 Å². The van der Waals surface area contributed by atoms with Crippen molar-refractivity contribution >= 4 is 11.7 Å². The molecule has 0 spiro atoms. The molecule has 0 radical (unpaired) electrons. The molecule has 144 valence electrons. The fourth-order valence-electron chi connectivity index (χ4n) is 4.12. The Morgan fingerprint density at radius 2 is 2.11 bits per heavy atom. The zero-order valence-corrected chi connectivity index (χ0v) is 15.9. The van der Waals surface area contributed by atoms with Crippen LogP contribution < -0.4 is 5.32 Å². The van der Waals surface area contributed by atoms with Crippen LogP contribution in [0.2, 0.25) is 0 Å². The van der Waals surface area contributed by atoms with Gasteiger partial charge in [0.25, 0.3) is 0 Å². The molecule has 6 nitrogen and oxygen atoms in total. The van der Waals surface area contributed by atoms with E-state index in [0.717, 1.165) is 63.5 Å². The number of carbonyl (C=O) groups is 1. The molecule has 27 heavy (non-hydrogen) atoms. The van der Waals surface area contributed by atoms with Crippen molar-refractivity contribution in [2.45, 2.75) is 44.2 Å². The Hall–Kier alpha value is -2.18. The van der Waals surface area contributed by atoms with Crippen LogP contribution in [0.5, 0.6) is 0 Å². The van der Waals surface area contributed by atoms with Gasteiger partial charge < -0.3 is 10.1 Å². The quantitative estimate of drug-likeness (QED) is 0.882. The summed E-state index contributed by atoms with van der Waals surface area (Å²) in [6.45, 7) is 3.34. The lowest BCUT2D eigenvalue weighted by atomic mass is 9.99. The van der Waals surface area contributed by atoms with Crippen LogP contribution in [0.15, 0.2) is 36.4 Å². The standard InChI is InChI=1S/C21H28N4O2/c1-24-20(13-18(23-24)17-9-6-12-27-15-17)22-21(26)19-10-5-11-25(19)14-16-7-3-2-4-8-16/h2-4,7-8,13,17,19H,5-6,9-12,14-15H2,1H3,(H,22,26). The normalized spacial score (nSPS) is 23.4. The number of ether oxygens (including phenoxy) is 1. The average Bonchev–Trinajstić information content (AvgIpc) is 3.30. The first kappa shape index (κ1) is 18.2. The largest absolute Gasteiger partial charge is 0.381 e. The lowest BCUT2D eigenvalue weighted by Gasteiger charge is -2.23. The lowest BCUT2D eigenvalue weighted by molar-refractivity contribution is -0.120. The monoisotopic (exact) mass is 368 g/mol. The second kappa shape index (κ2) is 8.23. The van der Waals surface area contributed by atoms with Gasteiger partial charge in [-0.05, 0) is 37.8 Å². The van der Waals surface area contributed by atoms with E-state index in [0.29, 0.717) is 5.92 Å². The highest BCUT2D eigenvalue weighted by Gasteiger charge is 2.31. The zero-order chi connectivity index (χ0) is 18.6. The molecule has 0 saturated carbocycles. The summed E-state index contributed by atoms with van der Waals surface area (Å²) in [7, 11) is 1.89. The summed E-state index contributed by atoms with van der Waals surface area (Å²) < 4.78 is 7.35. The molecule has 2 aliphatic heterocycles. The molecule has 3 heterocycles. The first-order chi connectivity index (χ1) is 13.2. The zero-order valence-electron chi connectivity index (χ0n) is 15.9. The minimum Gasteiger partial charge on any atom is -0.381 e. The van der Waals surface area contributed by atoms with Crippen molar-refractivity contribution in [2.24, 2.45) is 7.05 Å². The van der Waals surface area contributed by atoms with E-state index in [1.54, 1.807) is 4.68 Å². The molecular weight excluding hydrogens is 340 g/mol. The summed E-state index contributed by atoms with van der Waals surface area (Å²) in [6.07, 6.45) is 4.12. The predicted molar refractivity (Wildman–Crippen MR) is 105 cm³/mol. The van der Waals surface area contributed by atoms with E-state index < -0.39 is 0 Å². The summed E-state index contributed by atoms with van der Waals surface area (Å²) >= 11 is 0. The fourth-order valence-corrected chi connectivity index (χ4v) is 4.12. The molecular formula is C21H28N4O2. The lowest BCUT2D eigenvalue weighted by Crippen LogP contribution is -2.39. The van der Waals surface area contributed by atoms with Gasteiger partial charge in [-0.2, -0.15) is 5.10 Å². The molecule has 0 aliphatic carbocycles. The molecule has 1 aromatic heterocycles. The molecule has 2 aliphatic rings. The molecule has 1 N–H and O–H groups in total. The molecule has 2 atom stereocenters. The van der Waals surface area contributed by atoms with Crippen molar-refractivity contribution in [3.63, 3.8) is 0 Å². The van der Waals surface area contributed by atoms with Gasteiger partial charge in [0.1, 0.15) is 5.82 Å². The number of nitrogens with zero attached hydrogens (tertiary/aromatic N) is 3. The number of amides is 1. The summed E-state index contributed by atoms with van der Waals surface area (Å²) in [5, 5.41) is 7.72. The minimum atomic E-state index is -0.0819. The molecule has 6 heteroatoms. The van der Waals surface area contributed by atoms with E-state index in [2.05, 4.69) is 27.4 Å². The molecule has 2 aromatic rings. The third kappa shape index (κ3) is 4.22. The van der Waals surface area contributed by atoms with Crippen molar-refractivity contribution in [3.05, 3.63) is 47.7 Å². The topological polar surface area (TPSA) is 59.4 Å². The molecule has 2 saturated heterocycles. The van der Waals surface area contributed by atoms with Crippen LogP contribution in [-0.2, 0) is 23.1 Å². The second-order valence-corrected chi connectivity index (χ2v) is 7.60. The van der Waals surface area contributed by atoms with Crippen LogP contribution in [0.1, 0.15) is 42.9 Å². The Kier molecular flexibility index (Phi) is 5.55. The number of aromatic nitrogens is 2. The molecule has 4 rings (SSSR count). The van der Waals surface area contributed by atoms with Crippen molar-refractivity contribution in [1.82, 2.24) is 14.7 Å². The third-order valence-electron chi connectivity index (χ3n) is 5.62. The Balaban J connectivity index is 1.41. The van der Waals surface area contributed by atoms with E-state index >= 15 is 0 Å². The van der Waals surface area contributed by atoms with Crippen LogP contribution in [0, 0.1) is 0 Å². The maximum Gasteiger partial charge on any atom is 0.242 e. The number of hydrogen-bond donors (Lipinski definition) is 1. The number of nitrogens with one attached hydrogen (secondary N) is 1. The molecule has 1 aromatic carbocycles. The van der Waals surface area contributed by atoms with Gasteiger partial charge >= 0.3 is 0 Å². The number of likely N-dealkylation sites (tertiary alicyclic amines) is 1. The Bertz CT molecular complexity index is 768. The van der Waals surface area contributed by atoms with E-state index in [-0.39, 0.29) is 11.9 Å². The van der Waals surface area contributed by atoms with Gasteiger partial charge in [-0.3, -0.25) is 14.4 Å². The highest BCUT2D eigenvalue weighted by Crippen LogP contribution is 2.27. The molecule has 2 fully saturated rings. The highest BCUT2D eigenvalue weighted by molar-refractivity contribution is 5.94. The van der Waals surface area contributed by atoms with Gasteiger partial charge in [0.05, 0.1) is 18.3 Å². The highest BCUT2D eigenvalue weighted by atomic mass is 16.5. The summed E-state index contributed by atoms with van der Waals surface area (Å²) in [4.78, 5) is 15.2. The van der Waals surface area contributed by atoms with Gasteiger partial charge in [-0.15, -0.1) is 0 Å². The Morgan fingerprint density at radius 1 is 1.26 bits per heavy atom. The van der Waals surface area contributed by atoms with Gasteiger partial charge in [-0.25, -0.2) is 0 Å². The van der Waals surface area contributed by atoms with E-state index in [9.17, 15) is 4.79 Å². The molecule has 2 unspecified atom stereocenters. The van der Waals surface area contributed by atoms with Gasteiger partial charge in [0.2, 0.25) is 5.91 Å². The number of hydrogen-bond acceptors (Lipinski definition) is 4. The number of aryl methyl sites for hydroxylation is 1. The molecule has 0 bridgehead atoms. The Morgan fingerprint density at radius 3 is 2.89 bits per heavy atom. The predicted octanol–water partition coefficient (Wildman–Crippen LogP) is 2.92. The van der Waals surface area contributed by atoms with E-state index in [4.69, 9.17) is 4.74 Å². The first-order valence-electron chi connectivity index (χ1n) is 9.91. The number of rotatable bonds is 5. The minimum absolute atomic E-state index is 0.0675. The number of carbonyl (C=O) groups excluding carboxylic acids is 1. The van der Waals surface area contributed by atoms with Crippen molar-refractivity contribution in [3.8, 4) is 0 Å². The van der Waals surface area contributed by atoms with Crippen LogP contribution in [0.4, 0.5) is 5.82 Å². The summed E-state index contributed by atoms with van der Waals surface area (Å²) in [6, 6.07) is 12.3. The maximum absolute atomic E-state index is 12.9. The smallest absolute Gasteiger partial charge is 0.242 e. The molecule has 1 amide bonds. The summed E-state index contributed by atoms with van der Waals surface area (Å²) in [5.41, 5.74) is 2.26. The number of anilines is 1. The van der Waals surface area contributed by atoms with Crippen molar-refractivity contribution in [1.29, 1.82) is 0 Å². The van der Waals surface area contributed by atoms with Crippen molar-refractivity contribution in [2.75, 3.05) is 25.1 Å². The number of benzene rings is 1. The average molecular weight is 368 g/mol. The SMILES string of the molecule is Cn1nc(C2CCCOC2)cc1NC(=O)C1CCCN1Cc1ccccc1. The van der Waals surface area contributed by atoms with E-state index in [1.807, 2.05) is 31.3 Å². The van der Waals surface area contributed by atoms with Crippen LogP contribution in [0.25, 0.3) is 0 Å². The Labute approximate surface area is 160 Å². The van der Waals surface area contributed by atoms with Crippen LogP contribution in [-0.4, -0.2) is 46.4 Å². The van der Waals surface area contributed by atoms with Crippen molar-refractivity contribution < 1.29 is 9.53 Å². The maximum atomic E-state index is 12.9. The van der Waals surface area contributed by atoms with Gasteiger partial charge in [-0.1, -0.05) is 30.3 Å². The van der Waals surface area contributed by atoms with Gasteiger partial charge in [0, 0.05) is 32.2 Å². The second-order valence-electron chi connectivity index (χ2n) is 7.60. The van der Waals surface area contributed by atoms with Crippen LogP contribution >= 0.6 is 0 Å². The summed E-state index contributed by atoms with van der Waals surface area (Å²) in [5.74, 6) is 1.17. The van der Waals surface area contributed by atoms with E-state index in [1.165, 1.54) is 5.56 Å². The fraction of sp³-hybridized carbons (Fsp3) is 0.524. The van der Waals surface area contributed by atoms with Crippen LogP contribution in [0.3, 0.4) is 0 Å².